The summed E-state index contributed by atoms with van der Waals surface area (Å²) < 4.78 is 11.8. The number of nitrogens with zero attached hydrogens (tertiary/aromatic N) is 1. The fourth-order valence-electron chi connectivity index (χ4n) is 2.83. The number of rotatable bonds is 0. The van der Waals surface area contributed by atoms with Crippen LogP contribution in [0.2, 0.25) is 0 Å². The fraction of sp³-hybridized carbons (Fsp3) is 0. The summed E-state index contributed by atoms with van der Waals surface area (Å²) in [6, 6.07) is 14.3. The molecular formula is C18H12N4O2. The minimum absolute atomic E-state index is 0.387. The SMILES string of the molecule is N=c1ccc2nc3cc4c(cc3oc-2c1)Nc1ccc(N)cc1O4. The Morgan fingerprint density at radius 3 is 2.75 bits per heavy atom. The van der Waals surface area contributed by atoms with E-state index in [9.17, 15) is 0 Å². The Hall–Kier alpha value is -3.54. The monoisotopic (exact) mass is 316 g/mol. The van der Waals surface area contributed by atoms with E-state index < -0.39 is 0 Å². The number of hydrogen-bond acceptors (Lipinski definition) is 6. The fourth-order valence-corrected chi connectivity index (χ4v) is 2.83. The molecule has 2 aliphatic heterocycles. The molecule has 2 aromatic rings. The number of aromatic nitrogens is 1. The van der Waals surface area contributed by atoms with E-state index >= 15 is 0 Å². The molecule has 24 heavy (non-hydrogen) atoms. The third kappa shape index (κ3) is 1.90. The van der Waals surface area contributed by atoms with E-state index in [1.165, 1.54) is 0 Å². The number of anilines is 3. The predicted molar refractivity (Wildman–Crippen MR) is 90.7 cm³/mol. The van der Waals surface area contributed by atoms with Gasteiger partial charge in [-0.05, 0) is 24.3 Å². The minimum Gasteiger partial charge on any atom is -0.453 e. The zero-order valence-electron chi connectivity index (χ0n) is 12.5. The van der Waals surface area contributed by atoms with Crippen LogP contribution in [-0.4, -0.2) is 4.98 Å². The van der Waals surface area contributed by atoms with Crippen LogP contribution in [0.15, 0.2) is 52.9 Å². The summed E-state index contributed by atoms with van der Waals surface area (Å²) in [6.07, 6.45) is 0. The van der Waals surface area contributed by atoms with Crippen molar-refractivity contribution in [1.82, 2.24) is 4.98 Å². The molecule has 4 N–H and O–H groups in total. The molecule has 116 valence electrons. The maximum Gasteiger partial charge on any atom is 0.155 e. The summed E-state index contributed by atoms with van der Waals surface area (Å²) in [7, 11) is 0. The number of fused-ring (bicyclic) bond motifs is 4. The third-order valence-corrected chi connectivity index (χ3v) is 3.98. The minimum atomic E-state index is 0.387. The first-order valence-corrected chi connectivity index (χ1v) is 7.43. The molecule has 0 spiro atoms. The second kappa shape index (κ2) is 4.48. The van der Waals surface area contributed by atoms with Crippen LogP contribution in [0, 0.1) is 5.41 Å². The van der Waals surface area contributed by atoms with E-state index in [-0.39, 0.29) is 0 Å². The van der Waals surface area contributed by atoms with Crippen molar-refractivity contribution in [3.05, 3.63) is 53.9 Å². The highest BCUT2D eigenvalue weighted by atomic mass is 16.5. The Balaban J connectivity index is 1.72. The van der Waals surface area contributed by atoms with E-state index in [0.717, 1.165) is 11.4 Å². The number of ether oxygens (including phenoxy) is 1. The van der Waals surface area contributed by atoms with Gasteiger partial charge in [-0.25, -0.2) is 4.98 Å². The average Bonchev–Trinajstić information content (AvgIpc) is 2.56. The van der Waals surface area contributed by atoms with Gasteiger partial charge in [0, 0.05) is 30.0 Å². The molecule has 1 aliphatic carbocycles. The van der Waals surface area contributed by atoms with Crippen molar-refractivity contribution < 1.29 is 9.15 Å². The molecule has 0 radical (unpaired) electrons. The van der Waals surface area contributed by atoms with Gasteiger partial charge in [0.1, 0.15) is 11.2 Å². The summed E-state index contributed by atoms with van der Waals surface area (Å²) >= 11 is 0. The van der Waals surface area contributed by atoms with Crippen LogP contribution in [0.1, 0.15) is 0 Å². The Morgan fingerprint density at radius 2 is 1.83 bits per heavy atom. The molecule has 0 fully saturated rings. The molecule has 0 aromatic heterocycles. The van der Waals surface area contributed by atoms with Crippen molar-refractivity contribution in [1.29, 1.82) is 5.41 Å². The van der Waals surface area contributed by atoms with Gasteiger partial charge in [-0.15, -0.1) is 0 Å². The van der Waals surface area contributed by atoms with Gasteiger partial charge in [0.15, 0.2) is 22.8 Å². The second-order valence-electron chi connectivity index (χ2n) is 5.70. The van der Waals surface area contributed by atoms with Crippen LogP contribution < -0.4 is 21.1 Å². The van der Waals surface area contributed by atoms with Gasteiger partial charge in [-0.1, -0.05) is 0 Å². The summed E-state index contributed by atoms with van der Waals surface area (Å²) in [5.41, 5.74) is 10.1. The highest BCUT2D eigenvalue weighted by Gasteiger charge is 2.19. The summed E-state index contributed by atoms with van der Waals surface area (Å²) in [5, 5.41) is 11.4. The lowest BCUT2D eigenvalue weighted by Crippen LogP contribution is -2.04. The maximum absolute atomic E-state index is 7.70. The van der Waals surface area contributed by atoms with Crippen LogP contribution in [0.25, 0.3) is 22.6 Å². The number of hydrogen-bond donors (Lipinski definition) is 3. The molecule has 3 aliphatic rings. The second-order valence-corrected chi connectivity index (χ2v) is 5.70. The van der Waals surface area contributed by atoms with Crippen molar-refractivity contribution in [2.24, 2.45) is 0 Å². The maximum atomic E-state index is 7.70. The van der Waals surface area contributed by atoms with Crippen molar-refractivity contribution in [3.63, 3.8) is 0 Å². The normalized spacial score (nSPS) is 12.3. The first-order valence-electron chi connectivity index (χ1n) is 7.43. The summed E-state index contributed by atoms with van der Waals surface area (Å²) in [6.45, 7) is 0. The molecular weight excluding hydrogens is 304 g/mol. The summed E-state index contributed by atoms with van der Waals surface area (Å²) in [4.78, 5) is 4.59. The lowest BCUT2D eigenvalue weighted by molar-refractivity contribution is 0.481. The number of benzene rings is 3. The van der Waals surface area contributed by atoms with E-state index in [2.05, 4.69) is 10.3 Å². The molecule has 0 saturated carbocycles. The molecule has 0 atom stereocenters. The molecule has 0 saturated heterocycles. The van der Waals surface area contributed by atoms with Gasteiger partial charge in [-0.3, -0.25) is 0 Å². The highest BCUT2D eigenvalue weighted by Crippen LogP contribution is 2.44. The average molecular weight is 316 g/mol. The molecule has 0 amide bonds. The van der Waals surface area contributed by atoms with Gasteiger partial charge >= 0.3 is 0 Å². The molecule has 0 bridgehead atoms. The topological polar surface area (TPSA) is 97.2 Å². The van der Waals surface area contributed by atoms with E-state index in [4.69, 9.17) is 20.3 Å². The van der Waals surface area contributed by atoms with Crippen LogP contribution in [-0.2, 0) is 0 Å². The first-order chi connectivity index (χ1) is 11.7. The highest BCUT2D eigenvalue weighted by molar-refractivity contribution is 5.87. The summed E-state index contributed by atoms with van der Waals surface area (Å²) in [5.74, 6) is 1.93. The van der Waals surface area contributed by atoms with Crippen LogP contribution >= 0.6 is 0 Å². The van der Waals surface area contributed by atoms with E-state index in [1.54, 1.807) is 24.3 Å². The number of nitrogens with two attached hydrogens (primary N) is 1. The van der Waals surface area contributed by atoms with Gasteiger partial charge in [0.2, 0.25) is 0 Å². The molecule has 2 aromatic carbocycles. The van der Waals surface area contributed by atoms with Crippen molar-refractivity contribution >= 4 is 28.2 Å². The zero-order valence-corrected chi connectivity index (χ0v) is 12.5. The molecule has 2 heterocycles. The number of nitrogens with one attached hydrogen (secondary N) is 2. The first kappa shape index (κ1) is 13.0. The largest absolute Gasteiger partial charge is 0.453 e. The van der Waals surface area contributed by atoms with Crippen molar-refractivity contribution in [2.45, 2.75) is 0 Å². The lowest BCUT2D eigenvalue weighted by atomic mass is 10.1. The zero-order chi connectivity index (χ0) is 16.3. The third-order valence-electron chi connectivity index (χ3n) is 3.98. The van der Waals surface area contributed by atoms with Crippen LogP contribution in [0.4, 0.5) is 17.1 Å². The Labute approximate surface area is 136 Å². The van der Waals surface area contributed by atoms with Crippen LogP contribution in [0.5, 0.6) is 11.5 Å². The Kier molecular flexibility index (Phi) is 2.42. The quantitative estimate of drug-likeness (QED) is 0.298. The molecule has 5 rings (SSSR count). The molecule has 6 heteroatoms. The van der Waals surface area contributed by atoms with Gasteiger partial charge < -0.3 is 25.6 Å². The Bertz CT molecular complexity index is 1150. The van der Waals surface area contributed by atoms with Crippen molar-refractivity contribution in [3.8, 4) is 23.0 Å². The Morgan fingerprint density at radius 1 is 0.958 bits per heavy atom. The standard InChI is InChI=1S/C18H12N4O2/c19-9-1-3-11-15(5-9)23-17-8-14-18(7-13(17)21-11)24-16-6-10(20)2-4-12(16)22-14/h1-8,19,22H,20H2. The van der Waals surface area contributed by atoms with E-state index in [1.807, 2.05) is 24.3 Å². The molecule has 0 unspecified atom stereocenters. The molecule has 6 nitrogen and oxygen atoms in total. The number of nitrogen functional groups attached to an aromatic ring is 1. The van der Waals surface area contributed by atoms with E-state index in [0.29, 0.717) is 45.1 Å². The van der Waals surface area contributed by atoms with Gasteiger partial charge in [0.25, 0.3) is 0 Å². The van der Waals surface area contributed by atoms with Crippen LogP contribution in [0.3, 0.4) is 0 Å². The van der Waals surface area contributed by atoms with Gasteiger partial charge in [-0.2, -0.15) is 0 Å². The van der Waals surface area contributed by atoms with Gasteiger partial charge in [0.05, 0.1) is 16.7 Å². The smallest absolute Gasteiger partial charge is 0.155 e. The van der Waals surface area contributed by atoms with Crippen molar-refractivity contribution in [2.75, 3.05) is 11.1 Å². The predicted octanol–water partition coefficient (Wildman–Crippen LogP) is 3.84. The lowest BCUT2D eigenvalue weighted by Gasteiger charge is -2.22.